The molecule has 1 aromatic carbocycles. The van der Waals surface area contributed by atoms with E-state index < -0.39 is 11.9 Å². The fourth-order valence-electron chi connectivity index (χ4n) is 0.856. The summed E-state index contributed by atoms with van der Waals surface area (Å²) in [6, 6.07) is 5.48. The Labute approximate surface area is 120 Å². The van der Waals surface area contributed by atoms with Crippen LogP contribution in [0.4, 0.5) is 0 Å². The molecule has 0 heterocycles. The normalized spacial score (nSPS) is 8.35. The molecular formula is C10H13NaO6. The first kappa shape index (κ1) is 18.4. The molecule has 0 amide bonds. The number of aliphatic hydroxyl groups excluding tert-OH is 2. The van der Waals surface area contributed by atoms with Crippen LogP contribution in [0, 0.1) is 0 Å². The molecule has 0 unspecified atom stereocenters. The van der Waals surface area contributed by atoms with E-state index in [1.165, 1.54) is 24.3 Å². The Morgan fingerprint density at radius 2 is 1.18 bits per heavy atom. The summed E-state index contributed by atoms with van der Waals surface area (Å²) >= 11 is 0. The summed E-state index contributed by atoms with van der Waals surface area (Å²) in [7, 11) is 0. The molecule has 0 saturated heterocycles. The maximum absolute atomic E-state index is 10.5. The van der Waals surface area contributed by atoms with E-state index in [2.05, 4.69) is 0 Å². The quantitative estimate of drug-likeness (QED) is 0.534. The predicted molar refractivity (Wildman–Crippen MR) is 61.7 cm³/mol. The number of benzene rings is 1. The predicted octanol–water partition coefficient (Wildman–Crippen LogP) is -0.594. The van der Waals surface area contributed by atoms with Crippen LogP contribution in [0.25, 0.3) is 0 Å². The van der Waals surface area contributed by atoms with Gasteiger partial charge in [-0.2, -0.15) is 0 Å². The molecule has 0 bridgehead atoms. The zero-order valence-electron chi connectivity index (χ0n) is 8.33. The van der Waals surface area contributed by atoms with Gasteiger partial charge in [-0.3, -0.25) is 0 Å². The van der Waals surface area contributed by atoms with E-state index >= 15 is 0 Å². The van der Waals surface area contributed by atoms with Crippen LogP contribution in [-0.2, 0) is 0 Å². The summed E-state index contributed by atoms with van der Waals surface area (Å²) in [6.07, 6.45) is 0. The fourth-order valence-corrected chi connectivity index (χ4v) is 0.856. The molecule has 0 aromatic heterocycles. The molecule has 0 aliphatic heterocycles. The summed E-state index contributed by atoms with van der Waals surface area (Å²) in [5.41, 5.74) is -0.380. The Balaban J connectivity index is 0. The molecule has 90 valence electrons. The number of aromatic carboxylic acids is 2. The van der Waals surface area contributed by atoms with Crippen molar-refractivity contribution < 1.29 is 30.0 Å². The standard InChI is InChI=1S/C8H6O4.C2H6O2.Na.H/c9-7(10)5-3-1-2-4-6(5)8(11)12;3-1-2-4;;/h1-4H,(H,9,10)(H,11,12);3-4H,1-2H2;;. The fraction of sp³-hybridized carbons (Fsp3) is 0.200. The molecule has 4 N–H and O–H groups in total. The first-order valence-electron chi connectivity index (χ1n) is 4.32. The average molecular weight is 252 g/mol. The molecule has 6 nitrogen and oxygen atoms in total. The van der Waals surface area contributed by atoms with E-state index in [4.69, 9.17) is 20.4 Å². The van der Waals surface area contributed by atoms with Gasteiger partial charge in [0.05, 0.1) is 24.3 Å². The van der Waals surface area contributed by atoms with Crippen molar-refractivity contribution in [3.63, 3.8) is 0 Å². The minimum atomic E-state index is -1.23. The molecule has 0 fully saturated rings. The number of hydrogen-bond acceptors (Lipinski definition) is 4. The monoisotopic (exact) mass is 252 g/mol. The number of hydrogen-bond donors (Lipinski definition) is 4. The summed E-state index contributed by atoms with van der Waals surface area (Å²) < 4.78 is 0. The molecular weight excluding hydrogens is 239 g/mol. The number of aliphatic hydroxyl groups is 2. The second kappa shape index (κ2) is 10.2. The van der Waals surface area contributed by atoms with E-state index in [0.29, 0.717) is 0 Å². The van der Waals surface area contributed by atoms with E-state index in [1.807, 2.05) is 0 Å². The van der Waals surface area contributed by atoms with Crippen molar-refractivity contribution in [2.24, 2.45) is 0 Å². The minimum absolute atomic E-state index is 0. The maximum atomic E-state index is 10.5. The molecule has 0 spiro atoms. The van der Waals surface area contributed by atoms with Gasteiger partial charge in [0.2, 0.25) is 0 Å². The average Bonchev–Trinajstić information content (AvgIpc) is 2.29. The number of carboxylic acids is 2. The Hall–Kier alpha value is -0.920. The van der Waals surface area contributed by atoms with Crippen LogP contribution >= 0.6 is 0 Å². The van der Waals surface area contributed by atoms with Crippen LogP contribution in [0.1, 0.15) is 20.7 Å². The van der Waals surface area contributed by atoms with Crippen molar-refractivity contribution in [1.82, 2.24) is 0 Å². The molecule has 0 atom stereocenters. The summed E-state index contributed by atoms with van der Waals surface area (Å²) in [6.45, 7) is -0.250. The van der Waals surface area contributed by atoms with Crippen molar-refractivity contribution >= 4 is 41.5 Å². The summed E-state index contributed by atoms with van der Waals surface area (Å²) in [5, 5.41) is 32.4. The van der Waals surface area contributed by atoms with Crippen molar-refractivity contribution in [1.29, 1.82) is 0 Å². The third kappa shape index (κ3) is 7.09. The van der Waals surface area contributed by atoms with E-state index in [0.717, 1.165) is 0 Å². The molecule has 0 radical (unpaired) electrons. The topological polar surface area (TPSA) is 115 Å². The van der Waals surface area contributed by atoms with Gasteiger partial charge in [-0.25, -0.2) is 9.59 Å². The molecule has 7 heteroatoms. The Bertz CT molecular complexity index is 331. The first-order chi connectivity index (χ1) is 7.54. The van der Waals surface area contributed by atoms with Gasteiger partial charge in [0.1, 0.15) is 0 Å². The van der Waals surface area contributed by atoms with Crippen molar-refractivity contribution in [3.8, 4) is 0 Å². The van der Waals surface area contributed by atoms with E-state index in [-0.39, 0.29) is 53.9 Å². The second-order valence-corrected chi connectivity index (χ2v) is 2.60. The molecule has 0 aliphatic rings. The Morgan fingerprint density at radius 3 is 1.35 bits per heavy atom. The number of carboxylic acid groups (broad SMARTS) is 2. The molecule has 1 aromatic rings. The number of rotatable bonds is 3. The van der Waals surface area contributed by atoms with Crippen LogP contribution in [-0.4, -0.2) is 75.1 Å². The van der Waals surface area contributed by atoms with Crippen molar-refractivity contribution in [2.45, 2.75) is 0 Å². The zero-order valence-corrected chi connectivity index (χ0v) is 8.33. The van der Waals surface area contributed by atoms with Gasteiger partial charge in [-0.1, -0.05) is 12.1 Å². The summed E-state index contributed by atoms with van der Waals surface area (Å²) in [5.74, 6) is -2.46. The Morgan fingerprint density at radius 1 is 0.882 bits per heavy atom. The van der Waals surface area contributed by atoms with Gasteiger partial charge >= 0.3 is 41.5 Å². The van der Waals surface area contributed by atoms with Gasteiger partial charge in [0.15, 0.2) is 0 Å². The van der Waals surface area contributed by atoms with Crippen molar-refractivity contribution in [2.75, 3.05) is 13.2 Å². The van der Waals surface area contributed by atoms with Crippen LogP contribution in [0.3, 0.4) is 0 Å². The van der Waals surface area contributed by atoms with E-state index in [1.54, 1.807) is 0 Å². The van der Waals surface area contributed by atoms with Gasteiger partial charge in [0.25, 0.3) is 0 Å². The number of carbonyl (C=O) groups is 2. The van der Waals surface area contributed by atoms with Crippen LogP contribution in [0.15, 0.2) is 24.3 Å². The molecule has 0 aliphatic carbocycles. The van der Waals surface area contributed by atoms with Gasteiger partial charge < -0.3 is 20.4 Å². The third-order valence-electron chi connectivity index (χ3n) is 1.49. The van der Waals surface area contributed by atoms with Gasteiger partial charge in [-0.05, 0) is 12.1 Å². The second-order valence-electron chi connectivity index (χ2n) is 2.60. The summed E-state index contributed by atoms with van der Waals surface area (Å²) in [4.78, 5) is 20.9. The zero-order chi connectivity index (χ0) is 12.6. The van der Waals surface area contributed by atoms with Crippen LogP contribution in [0.2, 0.25) is 0 Å². The SMILES string of the molecule is O=C(O)c1ccccc1C(=O)O.OCCO.[NaH]. The van der Waals surface area contributed by atoms with Gasteiger partial charge in [0, 0.05) is 0 Å². The molecule has 17 heavy (non-hydrogen) atoms. The van der Waals surface area contributed by atoms with Gasteiger partial charge in [-0.15, -0.1) is 0 Å². The van der Waals surface area contributed by atoms with Crippen LogP contribution < -0.4 is 0 Å². The van der Waals surface area contributed by atoms with Crippen molar-refractivity contribution in [3.05, 3.63) is 35.4 Å². The third-order valence-corrected chi connectivity index (χ3v) is 1.49. The van der Waals surface area contributed by atoms with E-state index in [9.17, 15) is 9.59 Å². The molecule has 0 saturated carbocycles. The molecule has 1 rings (SSSR count). The van der Waals surface area contributed by atoms with Crippen LogP contribution in [0.5, 0.6) is 0 Å². The Kier molecular flexibility index (Phi) is 11.1. The first-order valence-corrected chi connectivity index (χ1v) is 4.32.